The third-order valence-corrected chi connectivity index (χ3v) is 2.79. The van der Waals surface area contributed by atoms with Gasteiger partial charge in [0.15, 0.2) is 5.76 Å². The second-order valence-corrected chi connectivity index (χ2v) is 4.64. The van der Waals surface area contributed by atoms with E-state index in [9.17, 15) is 0 Å². The van der Waals surface area contributed by atoms with Crippen LogP contribution in [0.15, 0.2) is 28.8 Å². The standard InChI is InChI=1S/C13H15N3OS/c1-8-3-4-12(11(5-8)13(14)18)15-7-10-6-9(2)16-17-10/h3-6,15H,7H2,1-2H3,(H2,14,18). The fourth-order valence-electron chi connectivity index (χ4n) is 1.70. The first-order chi connectivity index (χ1) is 8.56. The summed E-state index contributed by atoms with van der Waals surface area (Å²) in [6, 6.07) is 7.83. The highest BCUT2D eigenvalue weighted by molar-refractivity contribution is 7.80. The average Bonchev–Trinajstić information content (AvgIpc) is 2.73. The fraction of sp³-hybridized carbons (Fsp3) is 0.231. The fourth-order valence-corrected chi connectivity index (χ4v) is 1.87. The SMILES string of the molecule is Cc1ccc(NCc2cc(C)no2)c(C(N)=S)c1. The van der Waals surface area contributed by atoms with Crippen molar-refractivity contribution < 1.29 is 4.52 Å². The molecule has 0 spiro atoms. The topological polar surface area (TPSA) is 64.1 Å². The second kappa shape index (κ2) is 5.18. The maximum atomic E-state index is 5.71. The molecule has 2 aromatic rings. The van der Waals surface area contributed by atoms with Crippen molar-refractivity contribution >= 4 is 22.9 Å². The molecule has 1 aromatic heterocycles. The zero-order chi connectivity index (χ0) is 13.1. The van der Waals surface area contributed by atoms with Crippen LogP contribution in [-0.2, 0) is 6.54 Å². The Balaban J connectivity index is 2.16. The van der Waals surface area contributed by atoms with Gasteiger partial charge in [0.25, 0.3) is 0 Å². The minimum atomic E-state index is 0.384. The van der Waals surface area contributed by atoms with Crippen LogP contribution in [0, 0.1) is 13.8 Å². The number of nitrogens with one attached hydrogen (secondary N) is 1. The lowest BCUT2D eigenvalue weighted by Gasteiger charge is -2.10. The quantitative estimate of drug-likeness (QED) is 0.828. The zero-order valence-corrected chi connectivity index (χ0v) is 11.2. The third-order valence-electron chi connectivity index (χ3n) is 2.57. The number of thiocarbonyl (C=S) groups is 1. The number of rotatable bonds is 4. The van der Waals surface area contributed by atoms with E-state index in [1.165, 1.54) is 0 Å². The van der Waals surface area contributed by atoms with E-state index in [0.29, 0.717) is 11.5 Å². The number of anilines is 1. The largest absolute Gasteiger partial charge is 0.389 e. The van der Waals surface area contributed by atoms with Crippen molar-refractivity contribution in [3.05, 3.63) is 46.8 Å². The summed E-state index contributed by atoms with van der Waals surface area (Å²) in [6.45, 7) is 4.45. The summed E-state index contributed by atoms with van der Waals surface area (Å²) in [5.74, 6) is 0.780. The summed E-state index contributed by atoms with van der Waals surface area (Å²) in [4.78, 5) is 0.384. The van der Waals surface area contributed by atoms with Gasteiger partial charge in [0, 0.05) is 17.3 Å². The summed E-state index contributed by atoms with van der Waals surface area (Å²) >= 11 is 5.05. The monoisotopic (exact) mass is 261 g/mol. The number of hydrogen-bond donors (Lipinski definition) is 2. The van der Waals surface area contributed by atoms with Gasteiger partial charge in [-0.3, -0.25) is 0 Å². The predicted molar refractivity (Wildman–Crippen MR) is 75.6 cm³/mol. The van der Waals surface area contributed by atoms with Crippen LogP contribution < -0.4 is 11.1 Å². The van der Waals surface area contributed by atoms with E-state index in [0.717, 1.165) is 28.3 Å². The van der Waals surface area contributed by atoms with Crippen LogP contribution in [-0.4, -0.2) is 10.1 Å². The van der Waals surface area contributed by atoms with E-state index in [4.69, 9.17) is 22.5 Å². The van der Waals surface area contributed by atoms with Crippen LogP contribution in [0.3, 0.4) is 0 Å². The molecule has 1 aromatic carbocycles. The van der Waals surface area contributed by atoms with Crippen molar-refractivity contribution in [1.82, 2.24) is 5.16 Å². The Bertz CT molecular complexity index is 577. The summed E-state index contributed by atoms with van der Waals surface area (Å²) in [5.41, 5.74) is 9.46. The van der Waals surface area contributed by atoms with E-state index in [1.807, 2.05) is 38.1 Å². The Morgan fingerprint density at radius 3 is 2.78 bits per heavy atom. The number of nitrogens with two attached hydrogens (primary N) is 1. The molecule has 0 saturated heterocycles. The van der Waals surface area contributed by atoms with E-state index in [1.54, 1.807) is 0 Å². The molecular weight excluding hydrogens is 246 g/mol. The predicted octanol–water partition coefficient (Wildman–Crippen LogP) is 2.54. The van der Waals surface area contributed by atoms with Gasteiger partial charge >= 0.3 is 0 Å². The van der Waals surface area contributed by atoms with Gasteiger partial charge in [-0.15, -0.1) is 0 Å². The van der Waals surface area contributed by atoms with Gasteiger partial charge in [-0.1, -0.05) is 29.0 Å². The van der Waals surface area contributed by atoms with Crippen molar-refractivity contribution in [1.29, 1.82) is 0 Å². The minimum absolute atomic E-state index is 0.384. The molecule has 0 unspecified atom stereocenters. The Labute approximate surface area is 111 Å². The molecule has 0 aliphatic heterocycles. The van der Waals surface area contributed by atoms with Crippen LogP contribution in [0.1, 0.15) is 22.6 Å². The Morgan fingerprint density at radius 1 is 1.39 bits per heavy atom. The van der Waals surface area contributed by atoms with Crippen molar-refractivity contribution in [3.63, 3.8) is 0 Å². The van der Waals surface area contributed by atoms with Crippen LogP contribution >= 0.6 is 12.2 Å². The van der Waals surface area contributed by atoms with Crippen LogP contribution in [0.4, 0.5) is 5.69 Å². The molecule has 0 fully saturated rings. The number of aromatic nitrogens is 1. The van der Waals surface area contributed by atoms with Gasteiger partial charge in [0.1, 0.15) is 4.99 Å². The number of hydrogen-bond acceptors (Lipinski definition) is 4. The summed E-state index contributed by atoms with van der Waals surface area (Å²) < 4.78 is 5.13. The zero-order valence-electron chi connectivity index (χ0n) is 10.4. The summed E-state index contributed by atoms with van der Waals surface area (Å²) in [7, 11) is 0. The molecule has 1 heterocycles. The van der Waals surface area contributed by atoms with Gasteiger partial charge in [-0.05, 0) is 26.0 Å². The van der Waals surface area contributed by atoms with Gasteiger partial charge in [-0.25, -0.2) is 0 Å². The molecule has 0 aliphatic carbocycles. The Morgan fingerprint density at radius 2 is 2.17 bits per heavy atom. The molecule has 0 aliphatic rings. The Kier molecular flexibility index (Phi) is 3.62. The summed E-state index contributed by atoms with van der Waals surface area (Å²) in [5, 5.41) is 7.09. The second-order valence-electron chi connectivity index (χ2n) is 4.20. The molecule has 2 rings (SSSR count). The lowest BCUT2D eigenvalue weighted by Crippen LogP contribution is -2.13. The minimum Gasteiger partial charge on any atom is -0.389 e. The van der Waals surface area contributed by atoms with Crippen molar-refractivity contribution in [3.8, 4) is 0 Å². The first-order valence-electron chi connectivity index (χ1n) is 5.63. The van der Waals surface area contributed by atoms with Crippen LogP contribution in [0.25, 0.3) is 0 Å². The molecule has 0 saturated carbocycles. The molecule has 18 heavy (non-hydrogen) atoms. The van der Waals surface area contributed by atoms with Gasteiger partial charge in [0.05, 0.1) is 12.2 Å². The molecule has 4 nitrogen and oxygen atoms in total. The maximum absolute atomic E-state index is 5.71. The molecule has 3 N–H and O–H groups in total. The van der Waals surface area contributed by atoms with E-state index < -0.39 is 0 Å². The first-order valence-corrected chi connectivity index (χ1v) is 6.03. The molecule has 0 radical (unpaired) electrons. The van der Waals surface area contributed by atoms with E-state index in [-0.39, 0.29) is 0 Å². The molecule has 0 bridgehead atoms. The van der Waals surface area contributed by atoms with Gasteiger partial charge in [0.2, 0.25) is 0 Å². The number of benzene rings is 1. The smallest absolute Gasteiger partial charge is 0.156 e. The van der Waals surface area contributed by atoms with Crippen LogP contribution in [0.5, 0.6) is 0 Å². The molecule has 0 atom stereocenters. The molecule has 94 valence electrons. The molecular formula is C13H15N3OS. The van der Waals surface area contributed by atoms with Crippen molar-refractivity contribution in [2.45, 2.75) is 20.4 Å². The Hall–Kier alpha value is -1.88. The van der Waals surface area contributed by atoms with Gasteiger partial charge < -0.3 is 15.6 Å². The average molecular weight is 261 g/mol. The lowest BCUT2D eigenvalue weighted by molar-refractivity contribution is 0.384. The lowest BCUT2D eigenvalue weighted by atomic mass is 10.1. The van der Waals surface area contributed by atoms with Crippen molar-refractivity contribution in [2.24, 2.45) is 5.73 Å². The van der Waals surface area contributed by atoms with Gasteiger partial charge in [-0.2, -0.15) is 0 Å². The summed E-state index contributed by atoms with van der Waals surface area (Å²) in [6.07, 6.45) is 0. The number of nitrogens with zero attached hydrogens (tertiary/aromatic N) is 1. The van der Waals surface area contributed by atoms with E-state index in [2.05, 4.69) is 10.5 Å². The van der Waals surface area contributed by atoms with Crippen LogP contribution in [0.2, 0.25) is 0 Å². The normalized spacial score (nSPS) is 10.3. The first kappa shape index (κ1) is 12.6. The van der Waals surface area contributed by atoms with E-state index >= 15 is 0 Å². The number of aryl methyl sites for hydroxylation is 2. The highest BCUT2D eigenvalue weighted by Gasteiger charge is 2.07. The maximum Gasteiger partial charge on any atom is 0.156 e. The highest BCUT2D eigenvalue weighted by Crippen LogP contribution is 2.18. The molecule has 5 heteroatoms. The third kappa shape index (κ3) is 2.87. The molecule has 0 amide bonds. The highest BCUT2D eigenvalue weighted by atomic mass is 32.1. The van der Waals surface area contributed by atoms with Crippen molar-refractivity contribution in [2.75, 3.05) is 5.32 Å².